The van der Waals surface area contributed by atoms with Gasteiger partial charge in [0.05, 0.1) is 26.3 Å². The molecular weight excluding hydrogens is 252 g/mol. The van der Waals surface area contributed by atoms with Gasteiger partial charge in [-0.25, -0.2) is 0 Å². The largest absolute Gasteiger partial charge is 0.394 e. The molecule has 16 heavy (non-hydrogen) atoms. The van der Waals surface area contributed by atoms with E-state index in [1.165, 1.54) is 0 Å². The monoisotopic (exact) mass is 268 g/mol. The number of amides is 2. The van der Waals surface area contributed by atoms with E-state index in [9.17, 15) is 9.59 Å². The second kappa shape index (κ2) is 8.68. The predicted molar refractivity (Wildman–Crippen MR) is 64.8 cm³/mol. The normalized spacial score (nSPS) is 10.0. The number of hydrogen-bond donors (Lipinski definition) is 4. The summed E-state index contributed by atoms with van der Waals surface area (Å²) in [6.45, 7) is -0.104. The van der Waals surface area contributed by atoms with E-state index < -0.39 is 0 Å². The summed E-state index contributed by atoms with van der Waals surface area (Å²) in [5.41, 5.74) is 0. The van der Waals surface area contributed by atoms with E-state index in [0.29, 0.717) is 0 Å². The lowest BCUT2D eigenvalue weighted by Gasteiger charge is -2.16. The molecular formula is C8H16N2O4S2. The Morgan fingerprint density at radius 1 is 0.875 bits per heavy atom. The third-order valence-corrected chi connectivity index (χ3v) is 2.60. The summed E-state index contributed by atoms with van der Waals surface area (Å²) in [6.07, 6.45) is 0.00957. The topological polar surface area (TPSA) is 81.1 Å². The van der Waals surface area contributed by atoms with Gasteiger partial charge in [-0.2, -0.15) is 0 Å². The van der Waals surface area contributed by atoms with Crippen molar-refractivity contribution in [3.8, 4) is 0 Å². The van der Waals surface area contributed by atoms with Gasteiger partial charge >= 0.3 is 0 Å². The number of hydrogen-bond acceptors (Lipinski definition) is 6. The maximum atomic E-state index is 11.3. The van der Waals surface area contributed by atoms with Crippen LogP contribution in [0.1, 0.15) is 12.8 Å². The lowest BCUT2D eigenvalue weighted by Crippen LogP contribution is -2.28. The summed E-state index contributed by atoms with van der Waals surface area (Å²) in [6, 6.07) is 0. The highest BCUT2D eigenvalue weighted by molar-refractivity contribution is 7.78. The third-order valence-electron chi connectivity index (χ3n) is 1.75. The molecule has 2 N–H and O–H groups in total. The Morgan fingerprint density at radius 2 is 1.19 bits per heavy atom. The molecule has 94 valence electrons. The Balaban J connectivity index is 3.87. The van der Waals surface area contributed by atoms with Crippen LogP contribution in [-0.2, 0) is 9.59 Å². The van der Waals surface area contributed by atoms with Gasteiger partial charge in [0.1, 0.15) is 0 Å². The van der Waals surface area contributed by atoms with Gasteiger partial charge in [0.25, 0.3) is 0 Å². The van der Waals surface area contributed by atoms with Crippen LogP contribution >= 0.6 is 25.6 Å². The molecule has 0 aromatic heterocycles. The van der Waals surface area contributed by atoms with Crippen LogP contribution in [0.25, 0.3) is 0 Å². The first-order valence-corrected chi connectivity index (χ1v) is 5.53. The molecule has 0 fully saturated rings. The van der Waals surface area contributed by atoms with Crippen LogP contribution in [0.5, 0.6) is 0 Å². The third kappa shape index (κ3) is 6.21. The maximum Gasteiger partial charge on any atom is 0.232 e. The van der Waals surface area contributed by atoms with Crippen LogP contribution in [0, 0.1) is 0 Å². The number of aliphatic hydroxyl groups is 2. The first-order chi connectivity index (χ1) is 7.52. The highest BCUT2D eigenvalue weighted by atomic mass is 32.1. The molecule has 0 radical (unpaired) electrons. The number of carbonyl (C=O) groups excluding carboxylic acids is 2. The van der Waals surface area contributed by atoms with E-state index in [0.717, 1.165) is 8.61 Å². The fraction of sp³-hybridized carbons (Fsp3) is 0.750. The predicted octanol–water partition coefficient (Wildman–Crippen LogP) is -0.902. The van der Waals surface area contributed by atoms with Crippen molar-refractivity contribution in [1.82, 2.24) is 8.61 Å². The van der Waals surface area contributed by atoms with E-state index in [-0.39, 0.29) is 51.0 Å². The molecule has 0 bridgehead atoms. The van der Waals surface area contributed by atoms with Crippen molar-refractivity contribution in [2.45, 2.75) is 12.8 Å². The van der Waals surface area contributed by atoms with Gasteiger partial charge in [-0.15, -0.1) is 0 Å². The number of rotatable bonds is 7. The van der Waals surface area contributed by atoms with Crippen LogP contribution < -0.4 is 0 Å². The van der Waals surface area contributed by atoms with E-state index in [1.54, 1.807) is 0 Å². The molecule has 0 aliphatic heterocycles. The molecule has 0 saturated carbocycles. The average molecular weight is 268 g/mol. The summed E-state index contributed by atoms with van der Waals surface area (Å²) >= 11 is 7.68. The van der Waals surface area contributed by atoms with Crippen molar-refractivity contribution < 1.29 is 19.8 Å². The summed E-state index contributed by atoms with van der Waals surface area (Å²) in [5, 5.41) is 17.1. The van der Waals surface area contributed by atoms with Gasteiger partial charge in [-0.05, 0) is 0 Å². The molecule has 0 aliphatic rings. The number of aliphatic hydroxyl groups excluding tert-OH is 2. The van der Waals surface area contributed by atoms with Gasteiger partial charge in [-0.1, -0.05) is 25.6 Å². The number of thiol groups is 2. The molecule has 0 spiro atoms. The van der Waals surface area contributed by atoms with Crippen molar-refractivity contribution in [1.29, 1.82) is 0 Å². The van der Waals surface area contributed by atoms with Gasteiger partial charge in [0.2, 0.25) is 11.8 Å². The van der Waals surface area contributed by atoms with Crippen molar-refractivity contribution in [3.63, 3.8) is 0 Å². The first-order valence-electron chi connectivity index (χ1n) is 4.73. The molecule has 2 amide bonds. The zero-order valence-corrected chi connectivity index (χ0v) is 10.5. The average Bonchev–Trinajstić information content (AvgIpc) is 2.25. The number of carbonyl (C=O) groups is 2. The second-order valence-electron chi connectivity index (χ2n) is 2.98. The van der Waals surface area contributed by atoms with Crippen LogP contribution in [0.3, 0.4) is 0 Å². The molecule has 0 saturated heterocycles. The Labute approximate surface area is 105 Å². The standard InChI is InChI=1S/C8H16N2O4S2/c11-5-3-9(15)7(13)1-2-8(14)10(16)4-6-12/h11-12,15-16H,1-6H2. The van der Waals surface area contributed by atoms with Crippen LogP contribution in [0.4, 0.5) is 0 Å². The van der Waals surface area contributed by atoms with Crippen molar-refractivity contribution >= 4 is 37.4 Å². The molecule has 0 rings (SSSR count). The van der Waals surface area contributed by atoms with E-state index in [4.69, 9.17) is 10.2 Å². The molecule has 0 heterocycles. The van der Waals surface area contributed by atoms with E-state index in [1.807, 2.05) is 0 Å². The Hall–Kier alpha value is -0.440. The molecule has 8 heteroatoms. The van der Waals surface area contributed by atoms with Crippen LogP contribution in [0.15, 0.2) is 0 Å². The lowest BCUT2D eigenvalue weighted by molar-refractivity contribution is -0.131. The summed E-state index contributed by atoms with van der Waals surface area (Å²) in [4.78, 5) is 22.6. The van der Waals surface area contributed by atoms with Crippen LogP contribution in [0.2, 0.25) is 0 Å². The minimum Gasteiger partial charge on any atom is -0.394 e. The SMILES string of the molecule is O=C(CCC(=O)N(S)CCO)N(S)CCO. The van der Waals surface area contributed by atoms with E-state index >= 15 is 0 Å². The quantitative estimate of drug-likeness (QED) is 0.451. The Morgan fingerprint density at radius 3 is 1.44 bits per heavy atom. The van der Waals surface area contributed by atoms with Crippen LogP contribution in [-0.4, -0.2) is 56.9 Å². The van der Waals surface area contributed by atoms with Gasteiger partial charge < -0.3 is 10.2 Å². The minimum absolute atomic E-state index is 0.00478. The second-order valence-corrected chi connectivity index (χ2v) is 3.95. The Kier molecular flexibility index (Phi) is 8.44. The maximum absolute atomic E-state index is 11.3. The highest BCUT2D eigenvalue weighted by Crippen LogP contribution is 2.04. The highest BCUT2D eigenvalue weighted by Gasteiger charge is 2.14. The molecule has 0 unspecified atom stereocenters. The fourth-order valence-electron chi connectivity index (χ4n) is 0.911. The number of nitrogens with zero attached hydrogens (tertiary/aromatic N) is 2. The smallest absolute Gasteiger partial charge is 0.232 e. The summed E-state index contributed by atoms with van der Waals surface area (Å²) in [5.74, 6) is -0.673. The summed E-state index contributed by atoms with van der Waals surface area (Å²) < 4.78 is 2.12. The molecule has 0 aromatic carbocycles. The summed E-state index contributed by atoms with van der Waals surface area (Å²) in [7, 11) is 0. The molecule has 0 aliphatic carbocycles. The van der Waals surface area contributed by atoms with Crippen molar-refractivity contribution in [2.24, 2.45) is 0 Å². The van der Waals surface area contributed by atoms with Gasteiger partial charge in [0.15, 0.2) is 0 Å². The molecule has 0 aromatic rings. The first kappa shape index (κ1) is 15.6. The molecule has 0 atom stereocenters. The molecule has 6 nitrogen and oxygen atoms in total. The minimum atomic E-state index is -0.337. The zero-order chi connectivity index (χ0) is 12.6. The lowest BCUT2D eigenvalue weighted by atomic mass is 10.3. The van der Waals surface area contributed by atoms with Gasteiger partial charge in [0, 0.05) is 12.8 Å². The fourth-order valence-corrected chi connectivity index (χ4v) is 1.29. The Bertz CT molecular complexity index is 216. The van der Waals surface area contributed by atoms with Gasteiger partial charge in [-0.3, -0.25) is 18.2 Å². The van der Waals surface area contributed by atoms with E-state index in [2.05, 4.69) is 25.6 Å². The van der Waals surface area contributed by atoms with Crippen molar-refractivity contribution in [3.05, 3.63) is 0 Å². The zero-order valence-electron chi connectivity index (χ0n) is 8.74. The van der Waals surface area contributed by atoms with Crippen molar-refractivity contribution in [2.75, 3.05) is 26.3 Å².